The van der Waals surface area contributed by atoms with Gasteiger partial charge in [0.25, 0.3) is 0 Å². The minimum atomic E-state index is -0.367. The molecule has 1 aromatic carbocycles. The summed E-state index contributed by atoms with van der Waals surface area (Å²) in [5.74, 6) is 0.240. The number of rotatable bonds is 5. The van der Waals surface area contributed by atoms with Crippen molar-refractivity contribution in [3.05, 3.63) is 34.6 Å². The summed E-state index contributed by atoms with van der Waals surface area (Å²) in [6, 6.07) is 4.89. The Labute approximate surface area is 107 Å². The van der Waals surface area contributed by atoms with Gasteiger partial charge >= 0.3 is 0 Å². The van der Waals surface area contributed by atoms with Crippen molar-refractivity contribution in [1.29, 1.82) is 0 Å². The van der Waals surface area contributed by atoms with Crippen LogP contribution in [0.25, 0.3) is 0 Å². The van der Waals surface area contributed by atoms with E-state index in [2.05, 4.69) is 13.8 Å². The SMILES string of the molecule is CCCC(C)(CCl)Cc1ccc(F)c(Cl)c1. The fourth-order valence-corrected chi connectivity index (χ4v) is 2.38. The second-order valence-corrected chi connectivity index (χ2v) is 5.29. The maximum atomic E-state index is 13.0. The van der Waals surface area contributed by atoms with Crippen LogP contribution in [0, 0.1) is 11.2 Å². The third-order valence-corrected chi connectivity index (χ3v) is 3.73. The van der Waals surface area contributed by atoms with Gasteiger partial charge in [-0.3, -0.25) is 0 Å². The van der Waals surface area contributed by atoms with Crippen LogP contribution in [0.4, 0.5) is 4.39 Å². The van der Waals surface area contributed by atoms with Gasteiger partial charge in [0.05, 0.1) is 5.02 Å². The third-order valence-electron chi connectivity index (χ3n) is 2.79. The van der Waals surface area contributed by atoms with Crippen molar-refractivity contribution in [2.75, 3.05) is 5.88 Å². The van der Waals surface area contributed by atoms with Crippen LogP contribution in [0.3, 0.4) is 0 Å². The molecule has 1 aromatic rings. The van der Waals surface area contributed by atoms with Crippen molar-refractivity contribution in [2.24, 2.45) is 5.41 Å². The fraction of sp³-hybridized carbons (Fsp3) is 0.538. The summed E-state index contributed by atoms with van der Waals surface area (Å²) in [4.78, 5) is 0. The molecule has 0 spiro atoms. The second-order valence-electron chi connectivity index (χ2n) is 4.62. The molecule has 1 rings (SSSR count). The zero-order valence-electron chi connectivity index (χ0n) is 9.69. The summed E-state index contributed by atoms with van der Waals surface area (Å²) in [6.07, 6.45) is 2.99. The van der Waals surface area contributed by atoms with Gasteiger partial charge in [0.2, 0.25) is 0 Å². The molecule has 0 nitrogen and oxygen atoms in total. The molecule has 0 aromatic heterocycles. The van der Waals surface area contributed by atoms with Crippen LogP contribution in [-0.4, -0.2) is 5.88 Å². The van der Waals surface area contributed by atoms with Crippen molar-refractivity contribution in [3.8, 4) is 0 Å². The van der Waals surface area contributed by atoms with Crippen LogP contribution in [-0.2, 0) is 6.42 Å². The molecule has 0 amide bonds. The molecule has 0 radical (unpaired) electrons. The first-order valence-electron chi connectivity index (χ1n) is 5.50. The van der Waals surface area contributed by atoms with E-state index in [0.29, 0.717) is 5.88 Å². The summed E-state index contributed by atoms with van der Waals surface area (Å²) < 4.78 is 13.0. The Kier molecular flexibility index (Phi) is 5.07. The molecule has 0 aliphatic carbocycles. The topological polar surface area (TPSA) is 0 Å². The molecule has 0 saturated heterocycles. The monoisotopic (exact) mass is 262 g/mol. The lowest BCUT2D eigenvalue weighted by atomic mass is 9.81. The van der Waals surface area contributed by atoms with Gasteiger partial charge in [-0.1, -0.05) is 37.9 Å². The molecule has 0 bridgehead atoms. The number of alkyl halides is 1. The summed E-state index contributed by atoms with van der Waals surface area (Å²) >= 11 is 11.8. The van der Waals surface area contributed by atoms with E-state index in [4.69, 9.17) is 23.2 Å². The van der Waals surface area contributed by atoms with E-state index in [1.807, 2.05) is 0 Å². The van der Waals surface area contributed by atoms with Gasteiger partial charge in [0, 0.05) is 5.88 Å². The van der Waals surface area contributed by atoms with Crippen LogP contribution in [0.5, 0.6) is 0 Å². The van der Waals surface area contributed by atoms with Gasteiger partial charge in [-0.25, -0.2) is 4.39 Å². The zero-order chi connectivity index (χ0) is 12.2. The van der Waals surface area contributed by atoms with Crippen LogP contribution in [0.1, 0.15) is 32.3 Å². The molecule has 1 unspecified atom stereocenters. The molecule has 0 saturated carbocycles. The first kappa shape index (κ1) is 13.8. The average molecular weight is 263 g/mol. The number of halogens is 3. The van der Waals surface area contributed by atoms with E-state index in [0.717, 1.165) is 24.8 Å². The standard InChI is InChI=1S/C13H17Cl2F/c1-3-6-13(2,9-14)8-10-4-5-12(16)11(15)7-10/h4-5,7H,3,6,8-9H2,1-2H3. The van der Waals surface area contributed by atoms with E-state index in [-0.39, 0.29) is 16.3 Å². The third kappa shape index (κ3) is 3.64. The Morgan fingerprint density at radius 3 is 2.56 bits per heavy atom. The normalized spacial score (nSPS) is 14.8. The Hall–Kier alpha value is -0.270. The molecule has 90 valence electrons. The van der Waals surface area contributed by atoms with Gasteiger partial charge in [0.1, 0.15) is 5.82 Å². The Morgan fingerprint density at radius 1 is 1.38 bits per heavy atom. The predicted molar refractivity (Wildman–Crippen MR) is 68.8 cm³/mol. The molecule has 3 heteroatoms. The highest BCUT2D eigenvalue weighted by Gasteiger charge is 2.22. The van der Waals surface area contributed by atoms with E-state index in [1.54, 1.807) is 12.1 Å². The molecule has 0 fully saturated rings. The molecule has 0 aliphatic heterocycles. The minimum absolute atomic E-state index is 0.0669. The van der Waals surface area contributed by atoms with Crippen molar-refractivity contribution >= 4 is 23.2 Å². The van der Waals surface area contributed by atoms with E-state index in [9.17, 15) is 4.39 Å². The molecule has 16 heavy (non-hydrogen) atoms. The van der Waals surface area contributed by atoms with Crippen molar-refractivity contribution in [2.45, 2.75) is 33.1 Å². The minimum Gasteiger partial charge on any atom is -0.205 e. The molecule has 0 aliphatic rings. The van der Waals surface area contributed by atoms with Gasteiger partial charge in [-0.05, 0) is 36.0 Å². The molecular weight excluding hydrogens is 246 g/mol. The smallest absolute Gasteiger partial charge is 0.141 e. The summed E-state index contributed by atoms with van der Waals surface area (Å²) in [6.45, 7) is 4.29. The average Bonchev–Trinajstić information content (AvgIpc) is 2.24. The molecule has 1 atom stereocenters. The van der Waals surface area contributed by atoms with Crippen molar-refractivity contribution in [1.82, 2.24) is 0 Å². The van der Waals surface area contributed by atoms with E-state index >= 15 is 0 Å². The summed E-state index contributed by atoms with van der Waals surface area (Å²) in [5.41, 5.74) is 1.11. The lowest BCUT2D eigenvalue weighted by molar-refractivity contribution is 0.335. The highest BCUT2D eigenvalue weighted by Crippen LogP contribution is 2.30. The molecular formula is C13H17Cl2F. The van der Waals surface area contributed by atoms with Gasteiger partial charge in [-0.15, -0.1) is 11.6 Å². The zero-order valence-corrected chi connectivity index (χ0v) is 11.2. The van der Waals surface area contributed by atoms with Gasteiger partial charge in [0.15, 0.2) is 0 Å². The lowest BCUT2D eigenvalue weighted by Gasteiger charge is -2.26. The highest BCUT2D eigenvalue weighted by atomic mass is 35.5. The van der Waals surface area contributed by atoms with Crippen LogP contribution < -0.4 is 0 Å². The maximum absolute atomic E-state index is 13.0. The van der Waals surface area contributed by atoms with Crippen LogP contribution in [0.15, 0.2) is 18.2 Å². The number of hydrogen-bond donors (Lipinski definition) is 0. The maximum Gasteiger partial charge on any atom is 0.141 e. The molecule has 0 heterocycles. The summed E-state index contributed by atoms with van der Waals surface area (Å²) in [5, 5.41) is 0.186. The van der Waals surface area contributed by atoms with Gasteiger partial charge < -0.3 is 0 Å². The second kappa shape index (κ2) is 5.88. The molecule has 0 N–H and O–H groups in total. The quantitative estimate of drug-likeness (QED) is 0.651. The van der Waals surface area contributed by atoms with Crippen molar-refractivity contribution < 1.29 is 4.39 Å². The predicted octanol–water partition coefficient (Wildman–Crippen LogP) is 5.07. The van der Waals surface area contributed by atoms with E-state index in [1.165, 1.54) is 6.07 Å². The van der Waals surface area contributed by atoms with E-state index < -0.39 is 0 Å². The number of hydrogen-bond acceptors (Lipinski definition) is 0. The first-order valence-corrected chi connectivity index (χ1v) is 6.42. The first-order chi connectivity index (χ1) is 7.50. The Balaban J connectivity index is 2.81. The summed E-state index contributed by atoms with van der Waals surface area (Å²) in [7, 11) is 0. The highest BCUT2D eigenvalue weighted by molar-refractivity contribution is 6.30. The Morgan fingerprint density at radius 2 is 2.06 bits per heavy atom. The van der Waals surface area contributed by atoms with Gasteiger partial charge in [-0.2, -0.15) is 0 Å². The van der Waals surface area contributed by atoms with Crippen molar-refractivity contribution in [3.63, 3.8) is 0 Å². The Bertz CT molecular complexity index is 352. The number of benzene rings is 1. The largest absolute Gasteiger partial charge is 0.205 e. The lowest BCUT2D eigenvalue weighted by Crippen LogP contribution is -2.21. The van der Waals surface area contributed by atoms with Crippen LogP contribution in [0.2, 0.25) is 5.02 Å². The fourth-order valence-electron chi connectivity index (χ4n) is 1.95. The van der Waals surface area contributed by atoms with Crippen LogP contribution >= 0.6 is 23.2 Å².